The van der Waals surface area contributed by atoms with E-state index in [1.54, 1.807) is 12.4 Å². The number of hydrogen-bond donors (Lipinski definition) is 0. The maximum Gasteiger partial charge on any atom is 0.0913 e. The van der Waals surface area contributed by atoms with Gasteiger partial charge in [0.2, 0.25) is 0 Å². The van der Waals surface area contributed by atoms with Gasteiger partial charge < -0.3 is 0 Å². The first-order valence-electron chi connectivity index (χ1n) is 4.78. The lowest BCUT2D eigenvalue weighted by molar-refractivity contribution is 1.32. The van der Waals surface area contributed by atoms with E-state index in [1.807, 2.05) is 13.8 Å². The molecule has 1 rings (SSSR count). The van der Waals surface area contributed by atoms with Gasteiger partial charge in [0.1, 0.15) is 0 Å². The molecule has 0 fully saturated rings. The van der Waals surface area contributed by atoms with Crippen LogP contribution in [0.4, 0.5) is 11.4 Å². The lowest BCUT2D eigenvalue weighted by Gasteiger charge is -2.07. The molecule has 2 heteroatoms. The molecule has 74 valence electrons. The first-order chi connectivity index (χ1) is 6.70. The van der Waals surface area contributed by atoms with Gasteiger partial charge in [0.05, 0.1) is 11.4 Å². The third-order valence-electron chi connectivity index (χ3n) is 2.07. The predicted octanol–water partition coefficient (Wildman–Crippen LogP) is 3.75. The van der Waals surface area contributed by atoms with Crippen LogP contribution >= 0.6 is 0 Å². The van der Waals surface area contributed by atoms with Gasteiger partial charge in [-0.1, -0.05) is 12.1 Å². The van der Waals surface area contributed by atoms with E-state index < -0.39 is 0 Å². The number of rotatable bonds is 2. The number of nitrogens with zero attached hydrogens (tertiary/aromatic N) is 2. The maximum absolute atomic E-state index is 4.35. The highest BCUT2D eigenvalue weighted by atomic mass is 14.8. The zero-order chi connectivity index (χ0) is 10.6. The van der Waals surface area contributed by atoms with Gasteiger partial charge in [-0.3, -0.25) is 9.98 Å². The highest BCUT2D eigenvalue weighted by Gasteiger charge is 2.05. The molecule has 1 aromatic carbocycles. The molecule has 0 aliphatic rings. The van der Waals surface area contributed by atoms with Crippen molar-refractivity contribution in [3.63, 3.8) is 0 Å². The fourth-order valence-electron chi connectivity index (χ4n) is 1.37. The molecular weight excluding hydrogens is 172 g/mol. The van der Waals surface area contributed by atoms with Crippen LogP contribution in [0.1, 0.15) is 25.0 Å². The summed E-state index contributed by atoms with van der Waals surface area (Å²) in [6.45, 7) is 7.94. The van der Waals surface area contributed by atoms with E-state index in [2.05, 4.69) is 36.0 Å². The molecule has 14 heavy (non-hydrogen) atoms. The Morgan fingerprint density at radius 3 is 1.50 bits per heavy atom. The Morgan fingerprint density at radius 2 is 1.21 bits per heavy atom. The monoisotopic (exact) mass is 188 g/mol. The molecule has 0 unspecified atom stereocenters. The number of aliphatic imine (C=N–C) groups is 2. The second-order valence-electron chi connectivity index (χ2n) is 3.17. The molecule has 0 heterocycles. The van der Waals surface area contributed by atoms with Crippen LogP contribution in [0.25, 0.3) is 0 Å². The summed E-state index contributed by atoms with van der Waals surface area (Å²) in [6, 6.07) is 4.15. The van der Waals surface area contributed by atoms with Crippen LogP contribution in [-0.2, 0) is 0 Å². The van der Waals surface area contributed by atoms with E-state index in [-0.39, 0.29) is 0 Å². The Bertz CT molecular complexity index is 339. The van der Waals surface area contributed by atoms with Crippen molar-refractivity contribution in [3.8, 4) is 0 Å². The van der Waals surface area contributed by atoms with Crippen LogP contribution in [-0.4, -0.2) is 12.4 Å². The lowest BCUT2D eigenvalue weighted by atomic mass is 10.1. The van der Waals surface area contributed by atoms with Crippen LogP contribution in [0.15, 0.2) is 22.1 Å². The zero-order valence-corrected chi connectivity index (χ0v) is 9.20. The van der Waals surface area contributed by atoms with Gasteiger partial charge in [-0.05, 0) is 38.8 Å². The van der Waals surface area contributed by atoms with Gasteiger partial charge in [-0.2, -0.15) is 0 Å². The topological polar surface area (TPSA) is 24.7 Å². The van der Waals surface area contributed by atoms with Gasteiger partial charge in [-0.15, -0.1) is 0 Å². The molecule has 0 aromatic heterocycles. The quantitative estimate of drug-likeness (QED) is 0.631. The molecule has 2 nitrogen and oxygen atoms in total. The Morgan fingerprint density at radius 1 is 0.857 bits per heavy atom. The Balaban J connectivity index is 3.41. The first-order valence-corrected chi connectivity index (χ1v) is 4.78. The van der Waals surface area contributed by atoms with Crippen LogP contribution in [0.5, 0.6) is 0 Å². The summed E-state index contributed by atoms with van der Waals surface area (Å²) >= 11 is 0. The fraction of sp³-hybridized carbons (Fsp3) is 0.333. The van der Waals surface area contributed by atoms with Crippen molar-refractivity contribution in [2.24, 2.45) is 9.98 Å². The van der Waals surface area contributed by atoms with E-state index in [0.29, 0.717) is 0 Å². The Labute approximate surface area is 85.4 Å². The summed E-state index contributed by atoms with van der Waals surface area (Å²) in [5, 5.41) is 0. The third kappa shape index (κ3) is 2.08. The normalized spacial score (nSPS) is 11.7. The average Bonchev–Trinajstić information content (AvgIpc) is 2.17. The van der Waals surface area contributed by atoms with Crippen LogP contribution in [0, 0.1) is 13.8 Å². The summed E-state index contributed by atoms with van der Waals surface area (Å²) in [7, 11) is 0. The second kappa shape index (κ2) is 4.70. The summed E-state index contributed by atoms with van der Waals surface area (Å²) in [6.07, 6.45) is 3.60. The molecule has 0 spiro atoms. The van der Waals surface area contributed by atoms with Crippen molar-refractivity contribution in [1.82, 2.24) is 0 Å². The van der Waals surface area contributed by atoms with Crippen molar-refractivity contribution in [2.45, 2.75) is 27.7 Å². The molecule has 0 saturated carbocycles. The zero-order valence-electron chi connectivity index (χ0n) is 9.20. The number of aryl methyl sites for hydroxylation is 2. The van der Waals surface area contributed by atoms with Crippen LogP contribution < -0.4 is 0 Å². The summed E-state index contributed by atoms with van der Waals surface area (Å²) in [5.41, 5.74) is 4.28. The number of benzene rings is 1. The minimum Gasteiger partial charge on any atom is -0.259 e. The molecule has 0 radical (unpaired) electrons. The largest absolute Gasteiger partial charge is 0.259 e. The molecule has 0 amide bonds. The van der Waals surface area contributed by atoms with Gasteiger partial charge in [0.15, 0.2) is 0 Å². The molecule has 1 aromatic rings. The highest BCUT2D eigenvalue weighted by molar-refractivity contribution is 5.77. The lowest BCUT2D eigenvalue weighted by Crippen LogP contribution is -1.81. The smallest absolute Gasteiger partial charge is 0.0913 e. The first kappa shape index (κ1) is 10.6. The molecule has 0 aliphatic carbocycles. The molecule has 0 atom stereocenters. The number of hydrogen-bond acceptors (Lipinski definition) is 2. The van der Waals surface area contributed by atoms with Gasteiger partial charge in [-0.25, -0.2) is 0 Å². The second-order valence-corrected chi connectivity index (χ2v) is 3.17. The van der Waals surface area contributed by atoms with E-state index in [4.69, 9.17) is 0 Å². The molecule has 0 bridgehead atoms. The summed E-state index contributed by atoms with van der Waals surface area (Å²) < 4.78 is 0. The molecular formula is C12H16N2. The molecule has 0 N–H and O–H groups in total. The summed E-state index contributed by atoms with van der Waals surface area (Å²) in [4.78, 5) is 8.69. The van der Waals surface area contributed by atoms with Gasteiger partial charge in [0, 0.05) is 12.4 Å². The SMILES string of the molecule is C/C=N\c1c(C)ccc(C)c1/N=C\C. The van der Waals surface area contributed by atoms with E-state index in [1.165, 1.54) is 0 Å². The van der Waals surface area contributed by atoms with E-state index >= 15 is 0 Å². The van der Waals surface area contributed by atoms with Crippen molar-refractivity contribution < 1.29 is 0 Å². The average molecular weight is 188 g/mol. The van der Waals surface area contributed by atoms with E-state index in [9.17, 15) is 0 Å². The highest BCUT2D eigenvalue weighted by Crippen LogP contribution is 2.34. The third-order valence-corrected chi connectivity index (χ3v) is 2.07. The van der Waals surface area contributed by atoms with Gasteiger partial charge >= 0.3 is 0 Å². The Kier molecular flexibility index (Phi) is 3.57. The minimum absolute atomic E-state index is 0.977. The minimum atomic E-state index is 0.977. The van der Waals surface area contributed by atoms with Crippen LogP contribution in [0.3, 0.4) is 0 Å². The van der Waals surface area contributed by atoms with Gasteiger partial charge in [0.25, 0.3) is 0 Å². The van der Waals surface area contributed by atoms with Crippen molar-refractivity contribution in [2.75, 3.05) is 0 Å². The molecule has 0 saturated heterocycles. The molecule has 0 aliphatic heterocycles. The van der Waals surface area contributed by atoms with E-state index in [0.717, 1.165) is 22.5 Å². The Hall–Kier alpha value is -1.44. The predicted molar refractivity (Wildman–Crippen MR) is 63.6 cm³/mol. The standard InChI is InChI=1S/C12H16N2/c1-5-13-11-9(3)7-8-10(4)12(11)14-6-2/h5-8H,1-4H3/b13-5-,14-6-. The van der Waals surface area contributed by atoms with Crippen molar-refractivity contribution in [1.29, 1.82) is 0 Å². The fourth-order valence-corrected chi connectivity index (χ4v) is 1.37. The van der Waals surface area contributed by atoms with Crippen LogP contribution in [0.2, 0.25) is 0 Å². The van der Waals surface area contributed by atoms with Crippen molar-refractivity contribution in [3.05, 3.63) is 23.3 Å². The summed E-state index contributed by atoms with van der Waals surface area (Å²) in [5.74, 6) is 0. The maximum atomic E-state index is 4.35. The van der Waals surface area contributed by atoms with Crippen molar-refractivity contribution >= 4 is 23.8 Å².